The normalized spacial score (nSPS) is 12.4. The van der Waals surface area contributed by atoms with Gasteiger partial charge in [0.05, 0.1) is 0 Å². The van der Waals surface area contributed by atoms with Gasteiger partial charge in [-0.25, -0.2) is 0 Å². The van der Waals surface area contributed by atoms with Crippen molar-refractivity contribution in [2.24, 2.45) is 12.8 Å². The summed E-state index contributed by atoms with van der Waals surface area (Å²) in [6, 6.07) is 1.94. The van der Waals surface area contributed by atoms with Gasteiger partial charge in [0.25, 0.3) is 0 Å². The Labute approximate surface area is 102 Å². The maximum Gasteiger partial charge on any atom is 0.221 e. The van der Waals surface area contributed by atoms with Gasteiger partial charge in [0.1, 0.15) is 0 Å². The smallest absolute Gasteiger partial charge is 0.221 e. The molecule has 0 aliphatic heterocycles. The summed E-state index contributed by atoms with van der Waals surface area (Å²) in [4.78, 5) is 11.5. The molecule has 5 heteroatoms. The molecule has 5 nitrogen and oxygen atoms in total. The predicted octanol–water partition coefficient (Wildman–Crippen LogP) is 0.596. The quantitative estimate of drug-likeness (QED) is 0.730. The summed E-state index contributed by atoms with van der Waals surface area (Å²) in [7, 11) is 1.90. The van der Waals surface area contributed by atoms with Crippen LogP contribution in [0.4, 0.5) is 0 Å². The summed E-state index contributed by atoms with van der Waals surface area (Å²) in [5, 5.41) is 6.95. The van der Waals surface area contributed by atoms with Gasteiger partial charge in [-0.2, -0.15) is 5.10 Å². The van der Waals surface area contributed by atoms with Gasteiger partial charge in [-0.3, -0.25) is 9.48 Å². The summed E-state index contributed by atoms with van der Waals surface area (Å²) in [6.45, 7) is 2.71. The number of hydrogen-bond acceptors (Lipinski definition) is 3. The first-order chi connectivity index (χ1) is 8.13. The van der Waals surface area contributed by atoms with Crippen LogP contribution in [0.2, 0.25) is 0 Å². The van der Waals surface area contributed by atoms with Gasteiger partial charge in [0.2, 0.25) is 5.91 Å². The Balaban J connectivity index is 2.18. The van der Waals surface area contributed by atoms with Gasteiger partial charge in [-0.15, -0.1) is 0 Å². The molecule has 3 N–H and O–H groups in total. The van der Waals surface area contributed by atoms with E-state index in [1.807, 2.05) is 17.8 Å². The largest absolute Gasteiger partial charge is 0.356 e. The van der Waals surface area contributed by atoms with Crippen molar-refractivity contribution in [1.29, 1.82) is 0 Å². The number of aromatic nitrogens is 2. The number of nitrogens with one attached hydrogen (secondary N) is 1. The SMILES string of the molecule is CCCC(N)CC(=O)NCCc1ccnn1C. The third-order valence-corrected chi connectivity index (χ3v) is 2.73. The first kappa shape index (κ1) is 13.7. The minimum Gasteiger partial charge on any atom is -0.356 e. The van der Waals surface area contributed by atoms with Gasteiger partial charge in [-0.05, 0) is 12.5 Å². The van der Waals surface area contributed by atoms with E-state index in [0.717, 1.165) is 25.0 Å². The molecule has 96 valence electrons. The molecule has 1 unspecified atom stereocenters. The van der Waals surface area contributed by atoms with E-state index < -0.39 is 0 Å². The van der Waals surface area contributed by atoms with Crippen LogP contribution in [0.1, 0.15) is 31.9 Å². The molecule has 0 aromatic carbocycles. The van der Waals surface area contributed by atoms with E-state index in [1.54, 1.807) is 6.20 Å². The van der Waals surface area contributed by atoms with E-state index in [0.29, 0.717) is 13.0 Å². The fourth-order valence-corrected chi connectivity index (χ4v) is 1.76. The topological polar surface area (TPSA) is 72.9 Å². The second kappa shape index (κ2) is 7.06. The molecule has 0 saturated carbocycles. The fourth-order valence-electron chi connectivity index (χ4n) is 1.76. The second-order valence-corrected chi connectivity index (χ2v) is 4.30. The number of aryl methyl sites for hydroxylation is 1. The van der Waals surface area contributed by atoms with Crippen LogP contribution in [0.3, 0.4) is 0 Å². The average molecular weight is 238 g/mol. The van der Waals surface area contributed by atoms with E-state index in [9.17, 15) is 4.79 Å². The van der Waals surface area contributed by atoms with Crippen molar-refractivity contribution >= 4 is 5.91 Å². The van der Waals surface area contributed by atoms with Crippen LogP contribution in [0.15, 0.2) is 12.3 Å². The number of hydrogen-bond donors (Lipinski definition) is 2. The Hall–Kier alpha value is -1.36. The fraction of sp³-hybridized carbons (Fsp3) is 0.667. The molecule has 1 atom stereocenters. The molecule has 1 amide bonds. The number of nitrogens with two attached hydrogens (primary N) is 1. The van der Waals surface area contributed by atoms with Gasteiger partial charge in [0, 0.05) is 44.4 Å². The summed E-state index contributed by atoms with van der Waals surface area (Å²) in [6.07, 6.45) is 4.89. The predicted molar refractivity (Wildman–Crippen MR) is 67.4 cm³/mol. The van der Waals surface area contributed by atoms with E-state index in [1.165, 1.54) is 0 Å². The number of rotatable bonds is 7. The lowest BCUT2D eigenvalue weighted by atomic mass is 10.1. The van der Waals surface area contributed by atoms with E-state index in [4.69, 9.17) is 5.73 Å². The molecule has 0 radical (unpaired) electrons. The van der Waals surface area contributed by atoms with Crippen molar-refractivity contribution in [1.82, 2.24) is 15.1 Å². The average Bonchev–Trinajstić information content (AvgIpc) is 2.64. The zero-order chi connectivity index (χ0) is 12.7. The second-order valence-electron chi connectivity index (χ2n) is 4.30. The third-order valence-electron chi connectivity index (χ3n) is 2.73. The zero-order valence-electron chi connectivity index (χ0n) is 10.6. The van der Waals surface area contributed by atoms with Crippen LogP contribution in [-0.2, 0) is 18.3 Å². The molecule has 0 saturated heterocycles. The van der Waals surface area contributed by atoms with E-state index in [2.05, 4.69) is 17.3 Å². The highest BCUT2D eigenvalue weighted by molar-refractivity contribution is 5.76. The van der Waals surface area contributed by atoms with Crippen LogP contribution in [-0.4, -0.2) is 28.3 Å². The Bertz CT molecular complexity index is 348. The molecule has 1 heterocycles. The number of amides is 1. The lowest BCUT2D eigenvalue weighted by Crippen LogP contribution is -2.32. The van der Waals surface area contributed by atoms with Gasteiger partial charge in [-0.1, -0.05) is 13.3 Å². The van der Waals surface area contributed by atoms with Crippen LogP contribution < -0.4 is 11.1 Å². The summed E-state index contributed by atoms with van der Waals surface area (Å²) in [5.74, 6) is 0.0353. The van der Waals surface area contributed by atoms with Crippen molar-refractivity contribution in [3.05, 3.63) is 18.0 Å². The molecule has 0 aliphatic rings. The zero-order valence-corrected chi connectivity index (χ0v) is 10.6. The molecule has 0 aliphatic carbocycles. The molecule has 1 aromatic rings. The van der Waals surface area contributed by atoms with Crippen molar-refractivity contribution < 1.29 is 4.79 Å². The molecule has 0 fully saturated rings. The van der Waals surface area contributed by atoms with Crippen LogP contribution in [0.5, 0.6) is 0 Å². The summed E-state index contributed by atoms with van der Waals surface area (Å²) >= 11 is 0. The van der Waals surface area contributed by atoms with E-state index >= 15 is 0 Å². The van der Waals surface area contributed by atoms with Crippen molar-refractivity contribution in [3.8, 4) is 0 Å². The minimum atomic E-state index is -0.0169. The van der Waals surface area contributed by atoms with Gasteiger partial charge < -0.3 is 11.1 Å². The van der Waals surface area contributed by atoms with E-state index in [-0.39, 0.29) is 11.9 Å². The number of nitrogens with zero attached hydrogens (tertiary/aromatic N) is 2. The third kappa shape index (κ3) is 4.99. The highest BCUT2D eigenvalue weighted by Crippen LogP contribution is 1.99. The standard InChI is InChI=1S/C12H22N4O/c1-3-4-10(13)9-12(17)14-7-5-11-6-8-15-16(11)2/h6,8,10H,3-5,7,9,13H2,1-2H3,(H,14,17). The Morgan fingerprint density at radius 3 is 3.00 bits per heavy atom. The summed E-state index contributed by atoms with van der Waals surface area (Å²) in [5.41, 5.74) is 6.91. The maximum atomic E-state index is 11.5. The number of carbonyl (C=O) groups excluding carboxylic acids is 1. The van der Waals surface area contributed by atoms with Crippen LogP contribution in [0, 0.1) is 0 Å². The molecule has 1 aromatic heterocycles. The first-order valence-corrected chi connectivity index (χ1v) is 6.12. The molecular formula is C12H22N4O. The van der Waals surface area contributed by atoms with Gasteiger partial charge >= 0.3 is 0 Å². The highest BCUT2D eigenvalue weighted by Gasteiger charge is 2.08. The van der Waals surface area contributed by atoms with Crippen LogP contribution >= 0.6 is 0 Å². The van der Waals surface area contributed by atoms with Crippen molar-refractivity contribution in [2.45, 2.75) is 38.6 Å². The molecule has 1 rings (SSSR count). The molecule has 17 heavy (non-hydrogen) atoms. The number of carbonyl (C=O) groups is 1. The Morgan fingerprint density at radius 1 is 1.65 bits per heavy atom. The molecule has 0 spiro atoms. The van der Waals surface area contributed by atoms with Crippen molar-refractivity contribution in [3.63, 3.8) is 0 Å². The summed E-state index contributed by atoms with van der Waals surface area (Å²) < 4.78 is 1.81. The molecular weight excluding hydrogens is 216 g/mol. The maximum absolute atomic E-state index is 11.5. The monoisotopic (exact) mass is 238 g/mol. The first-order valence-electron chi connectivity index (χ1n) is 6.12. The van der Waals surface area contributed by atoms with Crippen LogP contribution in [0.25, 0.3) is 0 Å². The minimum absolute atomic E-state index is 0.0169. The highest BCUT2D eigenvalue weighted by atomic mass is 16.1. The Morgan fingerprint density at radius 2 is 2.41 bits per heavy atom. The van der Waals surface area contributed by atoms with Crippen molar-refractivity contribution in [2.75, 3.05) is 6.54 Å². The molecule has 0 bridgehead atoms. The lowest BCUT2D eigenvalue weighted by molar-refractivity contribution is -0.121. The van der Waals surface area contributed by atoms with Gasteiger partial charge in [0.15, 0.2) is 0 Å². The Kier molecular flexibility index (Phi) is 5.69. The lowest BCUT2D eigenvalue weighted by Gasteiger charge is -2.10.